The summed E-state index contributed by atoms with van der Waals surface area (Å²) in [5, 5.41) is 15.3. The lowest BCUT2D eigenvalue weighted by molar-refractivity contribution is 0.261. The molecular formula is C20H25IN6O. The smallest absolute Gasteiger partial charge is 0.191 e. The van der Waals surface area contributed by atoms with Crippen LogP contribution in [0.15, 0.2) is 53.7 Å². The molecule has 4 rings (SSSR count). The molecule has 1 aromatic carbocycles. The van der Waals surface area contributed by atoms with E-state index in [0.717, 1.165) is 42.6 Å². The highest BCUT2D eigenvalue weighted by atomic mass is 127. The number of aromatic nitrogens is 3. The number of halogens is 1. The van der Waals surface area contributed by atoms with Gasteiger partial charge in [0.05, 0.1) is 12.6 Å². The number of nitrogens with one attached hydrogen (secondary N) is 2. The van der Waals surface area contributed by atoms with Crippen LogP contribution in [0.4, 0.5) is 0 Å². The van der Waals surface area contributed by atoms with E-state index in [0.29, 0.717) is 13.2 Å². The van der Waals surface area contributed by atoms with Gasteiger partial charge in [-0.1, -0.05) is 24.3 Å². The average molecular weight is 492 g/mol. The monoisotopic (exact) mass is 492 g/mol. The van der Waals surface area contributed by atoms with Crippen LogP contribution in [0.25, 0.3) is 5.65 Å². The first kappa shape index (κ1) is 20.4. The summed E-state index contributed by atoms with van der Waals surface area (Å²) in [5.74, 6) is 2.68. The number of hydrogen-bond donors (Lipinski definition) is 2. The fraction of sp³-hybridized carbons (Fsp3) is 0.350. The van der Waals surface area contributed by atoms with E-state index in [1.165, 1.54) is 5.56 Å². The van der Waals surface area contributed by atoms with Crippen molar-refractivity contribution in [1.82, 2.24) is 25.2 Å². The van der Waals surface area contributed by atoms with Gasteiger partial charge in [0.25, 0.3) is 0 Å². The SMILES string of the molecule is CCNC(=NCCc1nnc2ccccn12)NC1CCOc2ccccc21.I. The molecule has 28 heavy (non-hydrogen) atoms. The van der Waals surface area contributed by atoms with Gasteiger partial charge in [-0.3, -0.25) is 9.39 Å². The molecule has 3 aromatic rings. The lowest BCUT2D eigenvalue weighted by Crippen LogP contribution is -2.41. The highest BCUT2D eigenvalue weighted by molar-refractivity contribution is 14.0. The zero-order valence-corrected chi connectivity index (χ0v) is 18.2. The predicted molar refractivity (Wildman–Crippen MR) is 121 cm³/mol. The van der Waals surface area contributed by atoms with Crippen LogP contribution in [0.3, 0.4) is 0 Å². The van der Waals surface area contributed by atoms with E-state index in [1.54, 1.807) is 0 Å². The van der Waals surface area contributed by atoms with E-state index < -0.39 is 0 Å². The van der Waals surface area contributed by atoms with Crippen LogP contribution in [0.5, 0.6) is 5.75 Å². The third-order valence-corrected chi connectivity index (χ3v) is 4.60. The van der Waals surface area contributed by atoms with Gasteiger partial charge in [-0.05, 0) is 25.1 Å². The van der Waals surface area contributed by atoms with Crippen molar-refractivity contribution in [3.8, 4) is 5.75 Å². The van der Waals surface area contributed by atoms with Gasteiger partial charge in [0.15, 0.2) is 11.6 Å². The molecule has 0 bridgehead atoms. The van der Waals surface area contributed by atoms with Gasteiger partial charge in [-0.25, -0.2) is 0 Å². The minimum absolute atomic E-state index is 0. The molecule has 0 saturated heterocycles. The van der Waals surface area contributed by atoms with Gasteiger partial charge in [-0.2, -0.15) is 0 Å². The van der Waals surface area contributed by atoms with E-state index in [4.69, 9.17) is 9.73 Å². The minimum atomic E-state index is 0. The molecular weight excluding hydrogens is 467 g/mol. The van der Waals surface area contributed by atoms with Crippen LogP contribution in [0.2, 0.25) is 0 Å². The maximum absolute atomic E-state index is 5.75. The predicted octanol–water partition coefficient (Wildman–Crippen LogP) is 2.97. The molecule has 7 nitrogen and oxygen atoms in total. The van der Waals surface area contributed by atoms with Gasteiger partial charge >= 0.3 is 0 Å². The zero-order valence-electron chi connectivity index (χ0n) is 15.8. The van der Waals surface area contributed by atoms with Crippen molar-refractivity contribution in [1.29, 1.82) is 0 Å². The number of aliphatic imine (C=N–C) groups is 1. The second kappa shape index (κ2) is 9.72. The highest BCUT2D eigenvalue weighted by Gasteiger charge is 2.21. The van der Waals surface area contributed by atoms with Crippen LogP contribution in [0.1, 0.15) is 30.8 Å². The molecule has 1 aliphatic rings. The van der Waals surface area contributed by atoms with E-state index in [9.17, 15) is 0 Å². The molecule has 0 amide bonds. The Hall–Kier alpha value is -2.36. The van der Waals surface area contributed by atoms with Crippen LogP contribution >= 0.6 is 24.0 Å². The Morgan fingerprint density at radius 3 is 2.96 bits per heavy atom. The minimum Gasteiger partial charge on any atom is -0.493 e. The third-order valence-electron chi connectivity index (χ3n) is 4.60. The van der Waals surface area contributed by atoms with Gasteiger partial charge in [0.2, 0.25) is 0 Å². The molecule has 0 spiro atoms. The van der Waals surface area contributed by atoms with E-state index >= 15 is 0 Å². The topological polar surface area (TPSA) is 75.8 Å². The number of pyridine rings is 1. The summed E-state index contributed by atoms with van der Waals surface area (Å²) in [6, 6.07) is 14.3. The molecule has 8 heteroatoms. The summed E-state index contributed by atoms with van der Waals surface area (Å²) in [4.78, 5) is 4.73. The molecule has 1 aliphatic heterocycles. The fourth-order valence-electron chi connectivity index (χ4n) is 3.31. The second-order valence-corrected chi connectivity index (χ2v) is 6.43. The molecule has 2 N–H and O–H groups in total. The van der Waals surface area contributed by atoms with Crippen molar-refractivity contribution >= 4 is 35.6 Å². The Morgan fingerprint density at radius 1 is 1.21 bits per heavy atom. The van der Waals surface area contributed by atoms with Crippen molar-refractivity contribution in [2.75, 3.05) is 19.7 Å². The largest absolute Gasteiger partial charge is 0.493 e. The first-order chi connectivity index (χ1) is 13.3. The van der Waals surface area contributed by atoms with E-state index in [-0.39, 0.29) is 30.0 Å². The highest BCUT2D eigenvalue weighted by Crippen LogP contribution is 2.31. The number of para-hydroxylation sites is 1. The summed E-state index contributed by atoms with van der Waals surface area (Å²) < 4.78 is 7.75. The van der Waals surface area contributed by atoms with Crippen molar-refractivity contribution < 1.29 is 4.74 Å². The lowest BCUT2D eigenvalue weighted by atomic mass is 10.0. The molecule has 2 aromatic heterocycles. The summed E-state index contributed by atoms with van der Waals surface area (Å²) in [6.07, 6.45) is 3.62. The molecule has 1 atom stereocenters. The van der Waals surface area contributed by atoms with Crippen molar-refractivity contribution in [3.05, 3.63) is 60.0 Å². The lowest BCUT2D eigenvalue weighted by Gasteiger charge is -2.28. The standard InChI is InChI=1S/C20H24N6O.HI/c1-2-21-20(23-16-11-14-27-17-8-4-3-7-15(16)17)22-12-10-19-25-24-18-9-5-6-13-26(18)19;/h3-9,13,16H,2,10-12,14H2,1H3,(H2,21,22,23);1H. The second-order valence-electron chi connectivity index (χ2n) is 6.43. The first-order valence-electron chi connectivity index (χ1n) is 9.40. The van der Waals surface area contributed by atoms with Gasteiger partial charge in [-0.15, -0.1) is 34.2 Å². The summed E-state index contributed by atoms with van der Waals surface area (Å²) in [5.41, 5.74) is 2.04. The first-order valence-corrected chi connectivity index (χ1v) is 9.40. The van der Waals surface area contributed by atoms with Gasteiger partial charge in [0.1, 0.15) is 11.6 Å². The van der Waals surface area contributed by atoms with Crippen molar-refractivity contribution in [2.45, 2.75) is 25.8 Å². The molecule has 1 unspecified atom stereocenters. The van der Waals surface area contributed by atoms with Gasteiger partial charge < -0.3 is 15.4 Å². The number of fused-ring (bicyclic) bond motifs is 2. The summed E-state index contributed by atoms with van der Waals surface area (Å²) >= 11 is 0. The number of guanidine groups is 1. The molecule has 0 saturated carbocycles. The van der Waals surface area contributed by atoms with E-state index in [2.05, 4.69) is 33.8 Å². The number of ether oxygens (including phenoxy) is 1. The van der Waals surface area contributed by atoms with Crippen molar-refractivity contribution in [3.63, 3.8) is 0 Å². The molecule has 3 heterocycles. The van der Waals surface area contributed by atoms with Gasteiger partial charge in [0, 0.05) is 37.7 Å². The maximum Gasteiger partial charge on any atom is 0.191 e. The number of rotatable bonds is 5. The van der Waals surface area contributed by atoms with Crippen LogP contribution in [0, 0.1) is 0 Å². The zero-order chi connectivity index (χ0) is 18.5. The number of hydrogen-bond acceptors (Lipinski definition) is 4. The summed E-state index contributed by atoms with van der Waals surface area (Å²) in [7, 11) is 0. The molecule has 0 aliphatic carbocycles. The van der Waals surface area contributed by atoms with Crippen LogP contribution in [-0.4, -0.2) is 40.3 Å². The Morgan fingerprint density at radius 2 is 2.07 bits per heavy atom. The quantitative estimate of drug-likeness (QED) is 0.326. The van der Waals surface area contributed by atoms with Crippen LogP contribution < -0.4 is 15.4 Å². The Labute approximate surface area is 181 Å². The normalized spacial score (nSPS) is 16.0. The maximum atomic E-state index is 5.75. The van der Waals surface area contributed by atoms with Crippen LogP contribution in [-0.2, 0) is 6.42 Å². The fourth-order valence-corrected chi connectivity index (χ4v) is 3.31. The number of benzene rings is 1. The number of nitrogens with zero attached hydrogens (tertiary/aromatic N) is 4. The molecule has 0 radical (unpaired) electrons. The summed E-state index contributed by atoms with van der Waals surface area (Å²) in [6.45, 7) is 4.22. The Kier molecular flexibility index (Phi) is 7.07. The Bertz CT molecular complexity index is 941. The third kappa shape index (κ3) is 4.54. The molecule has 148 valence electrons. The van der Waals surface area contributed by atoms with Crippen molar-refractivity contribution in [2.24, 2.45) is 4.99 Å². The molecule has 0 fully saturated rings. The Balaban J connectivity index is 0.00000225. The average Bonchev–Trinajstić information content (AvgIpc) is 3.12. The van der Waals surface area contributed by atoms with E-state index in [1.807, 2.05) is 47.0 Å².